The fraction of sp³-hybridized carbons (Fsp3) is 0.310. The molecule has 2 amide bonds. The molecule has 0 aliphatic carbocycles. The lowest BCUT2D eigenvalue weighted by Gasteiger charge is -2.29. The number of amides is 2. The molecule has 0 bridgehead atoms. The normalized spacial score (nSPS) is 12.0. The topological polar surface area (TPSA) is 105 Å². The van der Waals surface area contributed by atoms with Gasteiger partial charge in [0.15, 0.2) is 0 Å². The molecule has 38 heavy (non-hydrogen) atoms. The lowest BCUT2D eigenvalue weighted by atomic mass is 10.1. The summed E-state index contributed by atoms with van der Waals surface area (Å²) < 4.78 is 32.0. The molecular formula is C29H35N3O5S. The Hall–Kier alpha value is -3.69. The average Bonchev–Trinajstić information content (AvgIpc) is 2.94. The van der Waals surface area contributed by atoms with Crippen LogP contribution in [0.2, 0.25) is 0 Å². The highest BCUT2D eigenvalue weighted by atomic mass is 32.2. The molecule has 0 fully saturated rings. The number of nitrogens with zero attached hydrogens (tertiary/aromatic N) is 1. The minimum absolute atomic E-state index is 0.172. The maximum atomic E-state index is 13.4. The standard InChI is InChI=1S/C29H35N3O5S/c1-4-31-38(35,36)27-17-12-23(13-18-27)14-19-28(33)32(21-25-10-15-26(37-3)16-11-25)22(2)29(34)30-20-24-8-6-5-7-9-24/h5-13,15-18,22,31H,4,14,19-21H2,1-3H3,(H,30,34)/t22-/m1/s1. The third-order valence-corrected chi connectivity index (χ3v) is 7.75. The Labute approximate surface area is 225 Å². The van der Waals surface area contributed by atoms with Gasteiger partial charge in [0.05, 0.1) is 12.0 Å². The largest absolute Gasteiger partial charge is 0.497 e. The lowest BCUT2D eigenvalue weighted by molar-refractivity contribution is -0.140. The van der Waals surface area contributed by atoms with Crippen LogP contribution in [0.1, 0.15) is 37.0 Å². The molecule has 0 aliphatic rings. The number of benzene rings is 3. The molecular weight excluding hydrogens is 502 g/mol. The summed E-state index contributed by atoms with van der Waals surface area (Å²) in [4.78, 5) is 28.2. The van der Waals surface area contributed by atoms with Gasteiger partial charge < -0.3 is 15.0 Å². The van der Waals surface area contributed by atoms with Gasteiger partial charge in [0.25, 0.3) is 0 Å². The zero-order chi connectivity index (χ0) is 27.5. The Morgan fingerprint density at radius 2 is 1.53 bits per heavy atom. The molecule has 3 aromatic carbocycles. The summed E-state index contributed by atoms with van der Waals surface area (Å²) in [7, 11) is -1.95. The molecule has 3 rings (SSSR count). The second-order valence-electron chi connectivity index (χ2n) is 8.89. The Balaban J connectivity index is 1.70. The first-order chi connectivity index (χ1) is 18.2. The minimum atomic E-state index is -3.54. The van der Waals surface area contributed by atoms with Crippen molar-refractivity contribution in [1.29, 1.82) is 0 Å². The summed E-state index contributed by atoms with van der Waals surface area (Å²) in [6.45, 7) is 4.39. The van der Waals surface area contributed by atoms with Crippen LogP contribution in [0, 0.1) is 0 Å². The number of hydrogen-bond acceptors (Lipinski definition) is 5. The van der Waals surface area contributed by atoms with E-state index in [2.05, 4.69) is 10.0 Å². The number of carbonyl (C=O) groups excluding carboxylic acids is 2. The van der Waals surface area contributed by atoms with Gasteiger partial charge in [-0.05, 0) is 54.3 Å². The third-order valence-electron chi connectivity index (χ3n) is 6.18. The van der Waals surface area contributed by atoms with E-state index in [9.17, 15) is 18.0 Å². The summed E-state index contributed by atoms with van der Waals surface area (Å²) in [5.74, 6) is 0.293. The van der Waals surface area contributed by atoms with Gasteiger partial charge in [-0.15, -0.1) is 0 Å². The predicted molar refractivity (Wildman–Crippen MR) is 147 cm³/mol. The van der Waals surface area contributed by atoms with Gasteiger partial charge in [0, 0.05) is 26.1 Å². The second kappa shape index (κ2) is 13.7. The van der Waals surface area contributed by atoms with Gasteiger partial charge >= 0.3 is 0 Å². The highest BCUT2D eigenvalue weighted by Gasteiger charge is 2.26. The van der Waals surface area contributed by atoms with E-state index >= 15 is 0 Å². The first kappa shape index (κ1) is 28.9. The molecule has 9 heteroatoms. The Morgan fingerprint density at radius 3 is 2.13 bits per heavy atom. The van der Waals surface area contributed by atoms with E-state index in [-0.39, 0.29) is 29.7 Å². The van der Waals surface area contributed by atoms with Crippen molar-refractivity contribution < 1.29 is 22.7 Å². The first-order valence-electron chi connectivity index (χ1n) is 12.6. The summed E-state index contributed by atoms with van der Waals surface area (Å²) in [5.41, 5.74) is 2.68. The Bertz CT molecular complexity index is 1290. The van der Waals surface area contributed by atoms with Crippen LogP contribution < -0.4 is 14.8 Å². The average molecular weight is 538 g/mol. The van der Waals surface area contributed by atoms with Gasteiger partial charge in [-0.2, -0.15) is 0 Å². The van der Waals surface area contributed by atoms with Crippen LogP contribution in [-0.4, -0.2) is 44.8 Å². The van der Waals surface area contributed by atoms with E-state index in [1.165, 1.54) is 12.1 Å². The van der Waals surface area contributed by atoms with Gasteiger partial charge in [-0.3, -0.25) is 9.59 Å². The van der Waals surface area contributed by atoms with E-state index in [1.807, 2.05) is 54.6 Å². The zero-order valence-corrected chi connectivity index (χ0v) is 22.8. The predicted octanol–water partition coefficient (Wildman–Crippen LogP) is 3.66. The van der Waals surface area contributed by atoms with E-state index in [4.69, 9.17) is 4.74 Å². The lowest BCUT2D eigenvalue weighted by Crippen LogP contribution is -2.47. The molecule has 8 nitrogen and oxygen atoms in total. The maximum Gasteiger partial charge on any atom is 0.242 e. The first-order valence-corrected chi connectivity index (χ1v) is 14.0. The van der Waals surface area contributed by atoms with Gasteiger partial charge in [0.1, 0.15) is 11.8 Å². The van der Waals surface area contributed by atoms with Gasteiger partial charge in [0.2, 0.25) is 21.8 Å². The maximum absolute atomic E-state index is 13.4. The van der Waals surface area contributed by atoms with Crippen molar-refractivity contribution >= 4 is 21.8 Å². The van der Waals surface area contributed by atoms with Gasteiger partial charge in [-0.1, -0.05) is 61.5 Å². The number of aryl methyl sites for hydroxylation is 1. The van der Waals surface area contributed by atoms with Crippen LogP contribution in [-0.2, 0) is 39.1 Å². The van der Waals surface area contributed by atoms with E-state index in [0.717, 1.165) is 16.7 Å². The fourth-order valence-electron chi connectivity index (χ4n) is 3.95. The third kappa shape index (κ3) is 8.16. The fourth-order valence-corrected chi connectivity index (χ4v) is 4.99. The van der Waals surface area contributed by atoms with Crippen LogP contribution in [0.5, 0.6) is 5.75 Å². The molecule has 2 N–H and O–H groups in total. The number of hydrogen-bond donors (Lipinski definition) is 2. The Morgan fingerprint density at radius 1 is 0.895 bits per heavy atom. The quantitative estimate of drug-likeness (QED) is 0.346. The van der Waals surface area contributed by atoms with E-state index < -0.39 is 16.1 Å². The van der Waals surface area contributed by atoms with E-state index in [0.29, 0.717) is 25.3 Å². The molecule has 0 saturated heterocycles. The van der Waals surface area contributed by atoms with Gasteiger partial charge in [-0.25, -0.2) is 13.1 Å². The number of sulfonamides is 1. The van der Waals surface area contributed by atoms with Crippen molar-refractivity contribution in [2.45, 2.75) is 50.7 Å². The molecule has 0 aliphatic heterocycles. The van der Waals surface area contributed by atoms with Crippen LogP contribution in [0.3, 0.4) is 0 Å². The van der Waals surface area contributed by atoms with Crippen LogP contribution in [0.15, 0.2) is 83.8 Å². The molecule has 0 radical (unpaired) electrons. The number of ether oxygens (including phenoxy) is 1. The van der Waals surface area contributed by atoms with Crippen molar-refractivity contribution in [3.63, 3.8) is 0 Å². The molecule has 1 atom stereocenters. The van der Waals surface area contributed by atoms with Crippen molar-refractivity contribution in [3.8, 4) is 5.75 Å². The monoisotopic (exact) mass is 537 g/mol. The van der Waals surface area contributed by atoms with Crippen LogP contribution >= 0.6 is 0 Å². The number of carbonyl (C=O) groups is 2. The van der Waals surface area contributed by atoms with Crippen LogP contribution in [0.25, 0.3) is 0 Å². The highest BCUT2D eigenvalue weighted by molar-refractivity contribution is 7.89. The van der Waals surface area contributed by atoms with Crippen LogP contribution in [0.4, 0.5) is 0 Å². The van der Waals surface area contributed by atoms with Crippen molar-refractivity contribution in [2.24, 2.45) is 0 Å². The number of rotatable bonds is 13. The van der Waals surface area contributed by atoms with Crippen molar-refractivity contribution in [1.82, 2.24) is 14.9 Å². The summed E-state index contributed by atoms with van der Waals surface area (Å²) in [6, 6.07) is 22.8. The van der Waals surface area contributed by atoms with Crippen molar-refractivity contribution in [3.05, 3.63) is 95.6 Å². The molecule has 0 spiro atoms. The Kier molecular flexibility index (Phi) is 10.4. The van der Waals surface area contributed by atoms with E-state index in [1.54, 1.807) is 38.0 Å². The number of methoxy groups -OCH3 is 1. The molecule has 0 aromatic heterocycles. The molecule has 0 heterocycles. The molecule has 202 valence electrons. The second-order valence-corrected chi connectivity index (χ2v) is 10.7. The summed E-state index contributed by atoms with van der Waals surface area (Å²) in [5, 5.41) is 2.93. The van der Waals surface area contributed by atoms with Crippen molar-refractivity contribution in [2.75, 3.05) is 13.7 Å². The summed E-state index contributed by atoms with van der Waals surface area (Å²) >= 11 is 0. The molecule has 3 aromatic rings. The molecule has 0 saturated carbocycles. The zero-order valence-electron chi connectivity index (χ0n) is 22.0. The minimum Gasteiger partial charge on any atom is -0.497 e. The molecule has 0 unspecified atom stereocenters. The SMILES string of the molecule is CCNS(=O)(=O)c1ccc(CCC(=O)N(Cc2ccc(OC)cc2)[C@H](C)C(=O)NCc2ccccc2)cc1. The summed E-state index contributed by atoms with van der Waals surface area (Å²) in [6.07, 6.45) is 0.587. The number of nitrogens with one attached hydrogen (secondary N) is 2. The smallest absolute Gasteiger partial charge is 0.242 e. The highest BCUT2D eigenvalue weighted by Crippen LogP contribution is 2.17.